The Morgan fingerprint density at radius 3 is 2.69 bits per heavy atom. The van der Waals surface area contributed by atoms with Gasteiger partial charge in [0.05, 0.1) is 12.0 Å². The molecule has 10 heteroatoms. The number of rotatable bonds is 5. The Morgan fingerprint density at radius 2 is 2.07 bits per heavy atom. The number of halogens is 2. The van der Waals surface area contributed by atoms with Crippen molar-refractivity contribution in [1.82, 2.24) is 14.8 Å². The minimum atomic E-state index is -3.78. The molecule has 1 aromatic carbocycles. The summed E-state index contributed by atoms with van der Waals surface area (Å²) in [5.41, 5.74) is 1.07. The Kier molecular flexibility index (Phi) is 6.57. The largest absolute Gasteiger partial charge is 0.360 e. The number of carbonyl (C=O) groups excluding carboxylic acids is 1. The fraction of sp³-hybridized carbons (Fsp3) is 0.474. The Labute approximate surface area is 180 Å². The lowest BCUT2D eigenvalue weighted by molar-refractivity contribution is -0.126. The number of amides is 1. The summed E-state index contributed by atoms with van der Waals surface area (Å²) in [5, 5.41) is 7.66. The Hall–Kier alpha value is -1.61. The molecular weight excluding hydrogens is 437 g/mol. The lowest BCUT2D eigenvalue weighted by Gasteiger charge is -2.31. The van der Waals surface area contributed by atoms with E-state index in [4.69, 9.17) is 27.7 Å². The molecule has 1 aliphatic heterocycles. The third kappa shape index (κ3) is 4.60. The molecule has 0 spiro atoms. The molecule has 2 aromatic rings. The van der Waals surface area contributed by atoms with Crippen molar-refractivity contribution in [3.05, 3.63) is 45.3 Å². The highest BCUT2D eigenvalue weighted by molar-refractivity contribution is 7.89. The number of nitrogens with one attached hydrogen (secondary N) is 1. The maximum atomic E-state index is 13.0. The van der Waals surface area contributed by atoms with Gasteiger partial charge in [0.1, 0.15) is 10.6 Å². The van der Waals surface area contributed by atoms with Gasteiger partial charge in [0.15, 0.2) is 5.76 Å². The Bertz CT molecular complexity index is 1000. The normalized spacial score (nSPS) is 19.1. The maximum Gasteiger partial charge on any atom is 0.248 e. The lowest BCUT2D eigenvalue weighted by atomic mass is 9.98. The van der Waals surface area contributed by atoms with Crippen LogP contribution in [0.5, 0.6) is 0 Å². The standard InChI is InChI=1S/C19H23Cl2N3O4S/c1-11(16-7-6-15(20)9-17(16)21)22-19(25)14-5-4-8-24(10-14)29(26,27)18-12(2)23-28-13(18)3/h6-7,9,11,14H,4-5,8,10H2,1-3H3,(H,22,25). The Balaban J connectivity index is 1.72. The smallest absolute Gasteiger partial charge is 0.248 e. The van der Waals surface area contributed by atoms with E-state index < -0.39 is 15.9 Å². The third-order valence-corrected chi connectivity index (χ3v) is 7.78. The van der Waals surface area contributed by atoms with Crippen molar-refractivity contribution in [1.29, 1.82) is 0 Å². The summed E-state index contributed by atoms with van der Waals surface area (Å²) >= 11 is 12.2. The monoisotopic (exact) mass is 459 g/mol. The second kappa shape index (κ2) is 8.63. The summed E-state index contributed by atoms with van der Waals surface area (Å²) in [7, 11) is -3.78. The lowest BCUT2D eigenvalue weighted by Crippen LogP contribution is -2.46. The summed E-state index contributed by atoms with van der Waals surface area (Å²) in [4.78, 5) is 12.9. The summed E-state index contributed by atoms with van der Waals surface area (Å²) in [5.74, 6) is -0.408. The van der Waals surface area contributed by atoms with Crippen LogP contribution in [0.3, 0.4) is 0 Å². The molecule has 7 nitrogen and oxygen atoms in total. The second-order valence-corrected chi connectivity index (χ2v) is 9.97. The van der Waals surface area contributed by atoms with Gasteiger partial charge in [-0.2, -0.15) is 4.31 Å². The number of aromatic nitrogens is 1. The summed E-state index contributed by atoms with van der Waals surface area (Å²) in [6, 6.07) is 4.77. The first kappa shape index (κ1) is 22.1. The van der Waals surface area contributed by atoms with Gasteiger partial charge in [-0.3, -0.25) is 4.79 Å². The summed E-state index contributed by atoms with van der Waals surface area (Å²) in [6.07, 6.45) is 1.21. The van der Waals surface area contributed by atoms with Crippen LogP contribution in [0, 0.1) is 19.8 Å². The average molecular weight is 460 g/mol. The van der Waals surface area contributed by atoms with Crippen LogP contribution in [0.15, 0.2) is 27.6 Å². The van der Waals surface area contributed by atoms with E-state index in [0.717, 1.165) is 5.56 Å². The van der Waals surface area contributed by atoms with Gasteiger partial charge in [0.25, 0.3) is 0 Å². The zero-order valence-electron chi connectivity index (χ0n) is 16.4. The molecule has 1 amide bonds. The van der Waals surface area contributed by atoms with Gasteiger partial charge < -0.3 is 9.84 Å². The molecule has 0 saturated carbocycles. The van der Waals surface area contributed by atoms with E-state index >= 15 is 0 Å². The molecule has 158 valence electrons. The Morgan fingerprint density at radius 1 is 1.34 bits per heavy atom. The van der Waals surface area contributed by atoms with Crippen LogP contribution in [0.2, 0.25) is 10.0 Å². The van der Waals surface area contributed by atoms with Crippen LogP contribution >= 0.6 is 23.2 Å². The van der Waals surface area contributed by atoms with E-state index in [0.29, 0.717) is 35.1 Å². The maximum absolute atomic E-state index is 13.0. The van der Waals surface area contributed by atoms with E-state index in [1.54, 1.807) is 32.0 Å². The minimum absolute atomic E-state index is 0.0832. The van der Waals surface area contributed by atoms with Gasteiger partial charge in [-0.1, -0.05) is 34.4 Å². The number of aryl methyl sites for hydroxylation is 2. The van der Waals surface area contributed by atoms with Crippen molar-refractivity contribution in [2.24, 2.45) is 5.92 Å². The SMILES string of the molecule is Cc1noc(C)c1S(=O)(=O)N1CCCC(C(=O)NC(C)c2ccc(Cl)cc2Cl)C1. The molecule has 1 saturated heterocycles. The predicted octanol–water partition coefficient (Wildman–Crippen LogP) is 3.88. The number of carbonyl (C=O) groups is 1. The molecule has 1 fully saturated rings. The van der Waals surface area contributed by atoms with Crippen LogP contribution in [-0.2, 0) is 14.8 Å². The highest BCUT2D eigenvalue weighted by atomic mass is 35.5. The van der Waals surface area contributed by atoms with Crippen LogP contribution in [-0.4, -0.2) is 36.9 Å². The highest BCUT2D eigenvalue weighted by Gasteiger charge is 2.36. The molecule has 2 heterocycles. The third-order valence-electron chi connectivity index (χ3n) is 5.11. The van der Waals surface area contributed by atoms with Gasteiger partial charge in [-0.05, 0) is 51.3 Å². The first-order valence-corrected chi connectivity index (χ1v) is 11.5. The van der Waals surface area contributed by atoms with E-state index in [2.05, 4.69) is 10.5 Å². The zero-order valence-corrected chi connectivity index (χ0v) is 18.7. The fourth-order valence-electron chi connectivity index (χ4n) is 3.61. The molecule has 1 aliphatic rings. The molecule has 2 unspecified atom stereocenters. The van der Waals surface area contributed by atoms with E-state index in [-0.39, 0.29) is 29.1 Å². The van der Waals surface area contributed by atoms with Gasteiger partial charge in [-0.15, -0.1) is 0 Å². The number of hydrogen-bond donors (Lipinski definition) is 1. The topological polar surface area (TPSA) is 92.5 Å². The van der Waals surface area contributed by atoms with Crippen molar-refractivity contribution in [2.45, 2.75) is 44.6 Å². The van der Waals surface area contributed by atoms with E-state index in [1.807, 2.05) is 6.92 Å². The van der Waals surface area contributed by atoms with Crippen molar-refractivity contribution < 1.29 is 17.7 Å². The van der Waals surface area contributed by atoms with Gasteiger partial charge in [0.2, 0.25) is 15.9 Å². The van der Waals surface area contributed by atoms with Crippen LogP contribution < -0.4 is 5.32 Å². The van der Waals surface area contributed by atoms with Gasteiger partial charge >= 0.3 is 0 Å². The molecular formula is C19H23Cl2N3O4S. The van der Waals surface area contributed by atoms with Crippen molar-refractivity contribution in [3.8, 4) is 0 Å². The minimum Gasteiger partial charge on any atom is -0.360 e. The van der Waals surface area contributed by atoms with Crippen molar-refractivity contribution >= 4 is 39.1 Å². The second-order valence-electron chi connectivity index (χ2n) is 7.25. The van der Waals surface area contributed by atoms with E-state index in [9.17, 15) is 13.2 Å². The highest BCUT2D eigenvalue weighted by Crippen LogP contribution is 2.29. The molecule has 1 aromatic heterocycles. The fourth-order valence-corrected chi connectivity index (χ4v) is 6.00. The van der Waals surface area contributed by atoms with E-state index in [1.165, 1.54) is 4.31 Å². The molecule has 0 radical (unpaired) electrons. The van der Waals surface area contributed by atoms with Crippen LogP contribution in [0.1, 0.15) is 42.8 Å². The van der Waals surface area contributed by atoms with Crippen molar-refractivity contribution in [3.63, 3.8) is 0 Å². The molecule has 3 rings (SSSR count). The first-order chi connectivity index (χ1) is 13.6. The summed E-state index contributed by atoms with van der Waals surface area (Å²) in [6.45, 7) is 5.45. The van der Waals surface area contributed by atoms with Crippen LogP contribution in [0.25, 0.3) is 0 Å². The molecule has 0 aliphatic carbocycles. The van der Waals surface area contributed by atoms with Gasteiger partial charge in [0, 0.05) is 23.1 Å². The number of hydrogen-bond acceptors (Lipinski definition) is 5. The quantitative estimate of drug-likeness (QED) is 0.731. The molecule has 29 heavy (non-hydrogen) atoms. The van der Waals surface area contributed by atoms with Gasteiger partial charge in [-0.25, -0.2) is 8.42 Å². The summed E-state index contributed by atoms with van der Waals surface area (Å²) < 4.78 is 32.4. The van der Waals surface area contributed by atoms with Crippen molar-refractivity contribution in [2.75, 3.05) is 13.1 Å². The molecule has 1 N–H and O–H groups in total. The molecule has 2 atom stereocenters. The predicted molar refractivity (Wildman–Crippen MR) is 110 cm³/mol. The average Bonchev–Trinajstić information content (AvgIpc) is 3.00. The molecule has 0 bridgehead atoms. The number of sulfonamides is 1. The zero-order chi connectivity index (χ0) is 21.3. The first-order valence-electron chi connectivity index (χ1n) is 9.29. The number of piperidine rings is 1. The number of benzene rings is 1. The number of nitrogens with zero attached hydrogens (tertiary/aromatic N) is 2. The van der Waals surface area contributed by atoms with Crippen LogP contribution in [0.4, 0.5) is 0 Å².